The van der Waals surface area contributed by atoms with E-state index in [2.05, 4.69) is 10.1 Å². The fourth-order valence-electron chi connectivity index (χ4n) is 1.50. The standard InChI is InChI=1S/C11H11FN4O/c12-9-3-1-8(2-4-9)7-16-6-5-14-11(16)10(13)15-17/h1-6,17H,7H2,(H2,13,15). The van der Waals surface area contributed by atoms with E-state index in [1.165, 1.54) is 12.1 Å². The van der Waals surface area contributed by atoms with Gasteiger partial charge in [0.2, 0.25) is 5.84 Å². The number of nitrogens with zero attached hydrogens (tertiary/aromatic N) is 3. The molecule has 1 aromatic heterocycles. The van der Waals surface area contributed by atoms with Crippen molar-refractivity contribution in [3.8, 4) is 0 Å². The van der Waals surface area contributed by atoms with Crippen LogP contribution in [0, 0.1) is 5.82 Å². The van der Waals surface area contributed by atoms with E-state index in [4.69, 9.17) is 10.9 Å². The van der Waals surface area contributed by atoms with Gasteiger partial charge in [0, 0.05) is 18.9 Å². The Kier molecular flexibility index (Phi) is 3.04. The number of aromatic nitrogens is 2. The predicted octanol–water partition coefficient (Wildman–Crippen LogP) is 1.16. The summed E-state index contributed by atoms with van der Waals surface area (Å²) in [4.78, 5) is 3.97. The minimum Gasteiger partial charge on any atom is -0.409 e. The van der Waals surface area contributed by atoms with Gasteiger partial charge in [0.05, 0.1) is 0 Å². The second-order valence-electron chi connectivity index (χ2n) is 3.49. The van der Waals surface area contributed by atoms with Crippen molar-refractivity contribution >= 4 is 5.84 Å². The number of benzene rings is 1. The molecule has 2 aromatic rings. The van der Waals surface area contributed by atoms with Crippen molar-refractivity contribution in [2.75, 3.05) is 0 Å². The van der Waals surface area contributed by atoms with Crippen LogP contribution in [-0.4, -0.2) is 20.6 Å². The molecule has 0 unspecified atom stereocenters. The zero-order valence-electron chi connectivity index (χ0n) is 8.92. The Balaban J connectivity index is 2.25. The van der Waals surface area contributed by atoms with Crippen LogP contribution in [0.15, 0.2) is 41.8 Å². The molecule has 1 aromatic carbocycles. The average molecular weight is 234 g/mol. The molecule has 0 spiro atoms. The SMILES string of the molecule is N/C(=N/O)c1nccn1Cc1ccc(F)cc1. The van der Waals surface area contributed by atoms with Crippen LogP contribution in [0.1, 0.15) is 11.4 Å². The lowest BCUT2D eigenvalue weighted by Gasteiger charge is -2.06. The molecule has 0 aliphatic rings. The number of hydrogen-bond donors (Lipinski definition) is 2. The van der Waals surface area contributed by atoms with E-state index in [-0.39, 0.29) is 11.7 Å². The maximum atomic E-state index is 12.7. The van der Waals surface area contributed by atoms with E-state index in [1.54, 1.807) is 29.1 Å². The molecular weight excluding hydrogens is 223 g/mol. The van der Waals surface area contributed by atoms with Gasteiger partial charge < -0.3 is 15.5 Å². The smallest absolute Gasteiger partial charge is 0.206 e. The second kappa shape index (κ2) is 4.65. The minimum absolute atomic E-state index is 0.0582. The summed E-state index contributed by atoms with van der Waals surface area (Å²) in [6, 6.07) is 6.11. The van der Waals surface area contributed by atoms with Crippen molar-refractivity contribution in [1.29, 1.82) is 0 Å². The summed E-state index contributed by atoms with van der Waals surface area (Å²) < 4.78 is 14.4. The van der Waals surface area contributed by atoms with Crippen LogP contribution in [-0.2, 0) is 6.54 Å². The van der Waals surface area contributed by atoms with E-state index in [9.17, 15) is 4.39 Å². The Labute approximate surface area is 97.0 Å². The summed E-state index contributed by atoms with van der Waals surface area (Å²) in [5.74, 6) is 0.0324. The molecule has 0 saturated heterocycles. The number of rotatable bonds is 3. The lowest BCUT2D eigenvalue weighted by molar-refractivity contribution is 0.318. The number of hydrogen-bond acceptors (Lipinski definition) is 3. The molecule has 2 rings (SSSR count). The molecule has 88 valence electrons. The second-order valence-corrected chi connectivity index (χ2v) is 3.49. The largest absolute Gasteiger partial charge is 0.409 e. The molecule has 17 heavy (non-hydrogen) atoms. The molecule has 6 heteroatoms. The first-order chi connectivity index (χ1) is 8.20. The van der Waals surface area contributed by atoms with Crippen molar-refractivity contribution in [2.45, 2.75) is 6.54 Å². The topological polar surface area (TPSA) is 76.4 Å². The summed E-state index contributed by atoms with van der Waals surface area (Å²) in [5.41, 5.74) is 6.37. The zero-order valence-corrected chi connectivity index (χ0v) is 8.92. The summed E-state index contributed by atoms with van der Waals surface area (Å²) in [6.45, 7) is 0.478. The van der Waals surface area contributed by atoms with Crippen molar-refractivity contribution in [1.82, 2.24) is 9.55 Å². The quantitative estimate of drug-likeness (QED) is 0.362. The first-order valence-electron chi connectivity index (χ1n) is 4.94. The van der Waals surface area contributed by atoms with Gasteiger partial charge in [-0.1, -0.05) is 17.3 Å². The van der Waals surface area contributed by atoms with Crippen molar-refractivity contribution < 1.29 is 9.60 Å². The third kappa shape index (κ3) is 2.41. The Morgan fingerprint density at radius 2 is 2.12 bits per heavy atom. The maximum Gasteiger partial charge on any atom is 0.206 e. The highest BCUT2D eigenvalue weighted by atomic mass is 19.1. The third-order valence-corrected chi connectivity index (χ3v) is 2.32. The van der Waals surface area contributed by atoms with Crippen LogP contribution in [0.5, 0.6) is 0 Å². The molecule has 0 bridgehead atoms. The van der Waals surface area contributed by atoms with E-state index in [0.717, 1.165) is 5.56 Å². The molecule has 5 nitrogen and oxygen atoms in total. The predicted molar refractivity (Wildman–Crippen MR) is 60.2 cm³/mol. The van der Waals surface area contributed by atoms with Gasteiger partial charge in [0.25, 0.3) is 0 Å². The van der Waals surface area contributed by atoms with Gasteiger partial charge in [0.15, 0.2) is 5.82 Å². The lowest BCUT2D eigenvalue weighted by atomic mass is 10.2. The molecule has 0 radical (unpaired) electrons. The van der Waals surface area contributed by atoms with E-state index in [1.807, 2.05) is 0 Å². The monoisotopic (exact) mass is 234 g/mol. The van der Waals surface area contributed by atoms with E-state index < -0.39 is 0 Å². The zero-order chi connectivity index (χ0) is 12.3. The summed E-state index contributed by atoms with van der Waals surface area (Å²) >= 11 is 0. The molecule has 0 fully saturated rings. The van der Waals surface area contributed by atoms with E-state index >= 15 is 0 Å². The summed E-state index contributed by atoms with van der Waals surface area (Å²) in [6.07, 6.45) is 3.26. The molecule has 0 aliphatic carbocycles. The van der Waals surface area contributed by atoms with Crippen LogP contribution < -0.4 is 5.73 Å². The molecule has 0 amide bonds. The third-order valence-electron chi connectivity index (χ3n) is 2.32. The molecule has 0 aliphatic heterocycles. The molecule has 0 saturated carbocycles. The highest BCUT2D eigenvalue weighted by Crippen LogP contribution is 2.07. The van der Waals surface area contributed by atoms with Crippen molar-refractivity contribution in [3.05, 3.63) is 53.9 Å². The van der Waals surface area contributed by atoms with Gasteiger partial charge in [-0.2, -0.15) is 0 Å². The Morgan fingerprint density at radius 3 is 2.76 bits per heavy atom. The number of imidazole rings is 1. The van der Waals surface area contributed by atoms with Gasteiger partial charge in [-0.25, -0.2) is 9.37 Å². The fraction of sp³-hybridized carbons (Fsp3) is 0.0909. The summed E-state index contributed by atoms with van der Waals surface area (Å²) in [7, 11) is 0. The van der Waals surface area contributed by atoms with E-state index in [0.29, 0.717) is 12.4 Å². The number of amidine groups is 1. The highest BCUT2D eigenvalue weighted by Gasteiger charge is 2.07. The van der Waals surface area contributed by atoms with Gasteiger partial charge in [-0.05, 0) is 17.7 Å². The average Bonchev–Trinajstić information content (AvgIpc) is 2.79. The van der Waals surface area contributed by atoms with Gasteiger partial charge in [-0.15, -0.1) is 0 Å². The van der Waals surface area contributed by atoms with Crippen LogP contribution in [0.4, 0.5) is 4.39 Å². The Bertz CT molecular complexity index is 533. The number of halogens is 1. The van der Waals surface area contributed by atoms with Gasteiger partial charge in [0.1, 0.15) is 5.82 Å². The minimum atomic E-state index is -0.281. The van der Waals surface area contributed by atoms with Crippen LogP contribution >= 0.6 is 0 Å². The fourth-order valence-corrected chi connectivity index (χ4v) is 1.50. The first kappa shape index (κ1) is 11.1. The summed E-state index contributed by atoms with van der Waals surface area (Å²) in [5, 5.41) is 11.5. The Morgan fingerprint density at radius 1 is 1.41 bits per heavy atom. The van der Waals surface area contributed by atoms with Crippen molar-refractivity contribution in [3.63, 3.8) is 0 Å². The van der Waals surface area contributed by atoms with Crippen LogP contribution in [0.25, 0.3) is 0 Å². The molecule has 3 N–H and O–H groups in total. The Hall–Kier alpha value is -2.37. The molecular formula is C11H11FN4O. The normalized spacial score (nSPS) is 11.7. The van der Waals surface area contributed by atoms with Crippen LogP contribution in [0.3, 0.4) is 0 Å². The highest BCUT2D eigenvalue weighted by molar-refractivity contribution is 5.93. The van der Waals surface area contributed by atoms with Crippen LogP contribution in [0.2, 0.25) is 0 Å². The van der Waals surface area contributed by atoms with Gasteiger partial charge >= 0.3 is 0 Å². The lowest BCUT2D eigenvalue weighted by Crippen LogP contribution is -2.19. The van der Waals surface area contributed by atoms with Crippen molar-refractivity contribution in [2.24, 2.45) is 10.9 Å². The molecule has 1 heterocycles. The number of oxime groups is 1. The molecule has 0 atom stereocenters. The maximum absolute atomic E-state index is 12.7. The van der Waals surface area contributed by atoms with Gasteiger partial charge in [-0.3, -0.25) is 0 Å². The first-order valence-corrected chi connectivity index (χ1v) is 4.94. The number of nitrogens with two attached hydrogens (primary N) is 1.